The fraction of sp³-hybridized carbons (Fsp3) is 0.227. The van der Waals surface area contributed by atoms with E-state index in [0.717, 1.165) is 5.56 Å². The maximum atomic E-state index is 14.2. The number of nitrogens with one attached hydrogen (secondary N) is 2. The first-order chi connectivity index (χ1) is 14.2. The highest BCUT2D eigenvalue weighted by Crippen LogP contribution is 2.36. The number of aryl methyl sites for hydroxylation is 1. The minimum absolute atomic E-state index is 0.00848. The first-order valence-corrected chi connectivity index (χ1v) is 9.25. The number of pyridine rings is 2. The molecule has 0 aliphatic carbocycles. The maximum Gasteiger partial charge on any atom is 0.272 e. The number of hydrogen-bond acceptors (Lipinski definition) is 5. The van der Waals surface area contributed by atoms with Crippen molar-refractivity contribution in [3.63, 3.8) is 0 Å². The Kier molecular flexibility index (Phi) is 4.56. The molecule has 0 aliphatic rings. The largest absolute Gasteiger partial charge is 0.394 e. The van der Waals surface area contributed by atoms with Crippen LogP contribution in [0.5, 0.6) is 0 Å². The first-order valence-electron chi connectivity index (χ1n) is 9.25. The molecular formula is C22H20FN5O2. The summed E-state index contributed by atoms with van der Waals surface area (Å²) in [5, 5.41) is 7.08. The first kappa shape index (κ1) is 19.6. The van der Waals surface area contributed by atoms with E-state index in [4.69, 9.17) is 10.5 Å². The number of ether oxygens (including phenoxy) is 1. The number of fused-ring (bicyclic) bond motifs is 2. The van der Waals surface area contributed by atoms with Crippen LogP contribution in [0.1, 0.15) is 25.1 Å². The van der Waals surface area contributed by atoms with Crippen molar-refractivity contribution in [1.82, 2.24) is 20.2 Å². The average Bonchev–Trinajstić information content (AvgIpc) is 3.20. The number of rotatable bonds is 2. The van der Waals surface area contributed by atoms with Crippen LogP contribution in [0.4, 0.5) is 10.1 Å². The molecule has 0 unspecified atom stereocenters. The molecular weight excluding hydrogens is 385 g/mol. The van der Waals surface area contributed by atoms with Crippen LogP contribution in [0.25, 0.3) is 33.1 Å². The van der Waals surface area contributed by atoms with Crippen LogP contribution in [0.3, 0.4) is 0 Å². The molecule has 0 fully saturated rings. The Labute approximate surface area is 171 Å². The van der Waals surface area contributed by atoms with Crippen LogP contribution in [0, 0.1) is 24.6 Å². The van der Waals surface area contributed by atoms with Gasteiger partial charge in [-0.05, 0) is 50.0 Å². The van der Waals surface area contributed by atoms with Gasteiger partial charge < -0.3 is 15.5 Å². The zero-order valence-electron chi connectivity index (χ0n) is 17.0. The highest BCUT2D eigenvalue weighted by atomic mass is 19.1. The normalized spacial score (nSPS) is 11.6. The predicted molar refractivity (Wildman–Crippen MR) is 115 cm³/mol. The Morgan fingerprint density at radius 2 is 2.03 bits per heavy atom. The SMILES string of the molecule is COC(C)(C)C#Cc1cc(C)c2[nH]c(=O)c(N)c(-c3ccc(F)c4[nH]ncc34)c2n1. The summed E-state index contributed by atoms with van der Waals surface area (Å²) in [7, 11) is 1.59. The van der Waals surface area contributed by atoms with E-state index in [1.54, 1.807) is 19.2 Å². The molecule has 7 nitrogen and oxygen atoms in total. The number of nitrogens with zero attached hydrogens (tertiary/aromatic N) is 2. The Morgan fingerprint density at radius 1 is 1.27 bits per heavy atom. The number of aromatic nitrogens is 4. The molecule has 1 aromatic carbocycles. The maximum absolute atomic E-state index is 14.2. The van der Waals surface area contributed by atoms with Crippen LogP contribution < -0.4 is 11.3 Å². The van der Waals surface area contributed by atoms with Crippen molar-refractivity contribution < 1.29 is 9.13 Å². The second kappa shape index (κ2) is 6.97. The van der Waals surface area contributed by atoms with Crippen molar-refractivity contribution in [1.29, 1.82) is 0 Å². The Balaban J connectivity index is 2.08. The van der Waals surface area contributed by atoms with Gasteiger partial charge in [-0.2, -0.15) is 5.10 Å². The van der Waals surface area contributed by atoms with E-state index >= 15 is 0 Å². The van der Waals surface area contributed by atoms with E-state index < -0.39 is 17.0 Å². The number of hydrogen-bond donors (Lipinski definition) is 3. The van der Waals surface area contributed by atoms with Gasteiger partial charge in [0.2, 0.25) is 0 Å². The molecule has 0 saturated carbocycles. The summed E-state index contributed by atoms with van der Waals surface area (Å²) in [6, 6.07) is 4.66. The predicted octanol–water partition coefficient (Wildman–Crippen LogP) is 3.27. The van der Waals surface area contributed by atoms with E-state index in [1.165, 1.54) is 12.3 Å². The Bertz CT molecular complexity index is 1420. The Hall–Kier alpha value is -3.70. The lowest BCUT2D eigenvalue weighted by atomic mass is 9.98. The average molecular weight is 405 g/mol. The molecule has 3 aromatic heterocycles. The third-order valence-corrected chi connectivity index (χ3v) is 5.04. The number of halogens is 1. The molecule has 4 aromatic rings. The molecule has 0 saturated heterocycles. The third-order valence-electron chi connectivity index (χ3n) is 5.04. The highest BCUT2D eigenvalue weighted by Gasteiger charge is 2.19. The van der Waals surface area contributed by atoms with Crippen molar-refractivity contribution in [3.8, 4) is 23.0 Å². The molecule has 0 amide bonds. The van der Waals surface area contributed by atoms with Crippen LogP contribution in [0.2, 0.25) is 0 Å². The van der Waals surface area contributed by atoms with E-state index in [0.29, 0.717) is 33.2 Å². The number of benzene rings is 1. The monoisotopic (exact) mass is 405 g/mol. The Morgan fingerprint density at radius 3 is 2.77 bits per heavy atom. The van der Waals surface area contributed by atoms with Crippen LogP contribution >= 0.6 is 0 Å². The van der Waals surface area contributed by atoms with E-state index in [9.17, 15) is 9.18 Å². The summed E-state index contributed by atoms with van der Waals surface area (Å²) in [5.41, 5.74) is 8.59. The lowest BCUT2D eigenvalue weighted by Crippen LogP contribution is -2.19. The molecule has 0 spiro atoms. The van der Waals surface area contributed by atoms with Crippen LogP contribution in [0.15, 0.2) is 29.2 Å². The lowest BCUT2D eigenvalue weighted by Gasteiger charge is -2.14. The van der Waals surface area contributed by atoms with Crippen LogP contribution in [-0.4, -0.2) is 32.9 Å². The number of nitrogen functional groups attached to an aromatic ring is 1. The number of H-pyrrole nitrogens is 2. The molecule has 3 heterocycles. The van der Waals surface area contributed by atoms with E-state index in [1.807, 2.05) is 20.8 Å². The molecule has 4 N–H and O–H groups in total. The smallest absolute Gasteiger partial charge is 0.272 e. The van der Waals surface area contributed by atoms with Gasteiger partial charge in [-0.25, -0.2) is 9.37 Å². The van der Waals surface area contributed by atoms with Gasteiger partial charge in [0, 0.05) is 18.1 Å². The zero-order chi connectivity index (χ0) is 21.6. The molecule has 0 bridgehead atoms. The third kappa shape index (κ3) is 3.19. The van der Waals surface area contributed by atoms with Gasteiger partial charge in [-0.3, -0.25) is 9.89 Å². The summed E-state index contributed by atoms with van der Waals surface area (Å²) in [6.07, 6.45) is 1.50. The zero-order valence-corrected chi connectivity index (χ0v) is 17.0. The van der Waals surface area contributed by atoms with E-state index in [2.05, 4.69) is 32.0 Å². The molecule has 0 radical (unpaired) electrons. The van der Waals surface area contributed by atoms with Gasteiger partial charge in [0.1, 0.15) is 28.3 Å². The van der Waals surface area contributed by atoms with Crippen molar-refractivity contribution in [2.24, 2.45) is 0 Å². The van der Waals surface area contributed by atoms with Gasteiger partial charge >= 0.3 is 0 Å². The quantitative estimate of drug-likeness (QED) is 0.444. The second-order valence-electron chi connectivity index (χ2n) is 7.51. The molecule has 152 valence electrons. The standard InChI is InChI=1S/C22H20FN5O2/c1-11-9-12(7-8-22(2,3)30-4)26-20-16(17(24)21(29)27-18(11)20)13-5-6-15(23)19-14(13)10-25-28-19/h5-6,9-10H,24H2,1-4H3,(H,25,28)(H,27,29). The van der Waals surface area contributed by atoms with Crippen molar-refractivity contribution >= 4 is 27.6 Å². The van der Waals surface area contributed by atoms with E-state index in [-0.39, 0.29) is 11.2 Å². The molecule has 8 heteroatoms. The molecule has 30 heavy (non-hydrogen) atoms. The van der Waals surface area contributed by atoms with Gasteiger partial charge in [0.15, 0.2) is 0 Å². The second-order valence-corrected chi connectivity index (χ2v) is 7.51. The minimum atomic E-state index is -0.642. The number of anilines is 1. The number of methoxy groups -OCH3 is 1. The summed E-state index contributed by atoms with van der Waals surface area (Å²) >= 11 is 0. The summed E-state index contributed by atoms with van der Waals surface area (Å²) < 4.78 is 19.5. The number of aromatic amines is 2. The van der Waals surface area contributed by atoms with Gasteiger partial charge in [-0.1, -0.05) is 12.0 Å². The van der Waals surface area contributed by atoms with Gasteiger partial charge in [-0.15, -0.1) is 0 Å². The van der Waals surface area contributed by atoms with Gasteiger partial charge in [0.05, 0.1) is 17.2 Å². The van der Waals surface area contributed by atoms with Crippen molar-refractivity contribution in [2.45, 2.75) is 26.4 Å². The topological polar surface area (TPSA) is 110 Å². The fourth-order valence-electron chi connectivity index (χ4n) is 3.26. The lowest BCUT2D eigenvalue weighted by molar-refractivity contribution is 0.0741. The molecule has 0 aliphatic heterocycles. The highest BCUT2D eigenvalue weighted by molar-refractivity contribution is 6.06. The van der Waals surface area contributed by atoms with Gasteiger partial charge in [0.25, 0.3) is 5.56 Å². The summed E-state index contributed by atoms with van der Waals surface area (Å²) in [4.78, 5) is 20.0. The minimum Gasteiger partial charge on any atom is -0.394 e. The fourth-order valence-corrected chi connectivity index (χ4v) is 3.26. The van der Waals surface area contributed by atoms with Crippen molar-refractivity contribution in [3.05, 3.63) is 51.8 Å². The summed E-state index contributed by atoms with van der Waals surface area (Å²) in [6.45, 7) is 5.55. The number of nitrogens with two attached hydrogens (primary N) is 1. The summed E-state index contributed by atoms with van der Waals surface area (Å²) in [5.74, 6) is 5.61. The molecule has 4 rings (SSSR count). The van der Waals surface area contributed by atoms with Crippen LogP contribution in [-0.2, 0) is 4.74 Å². The molecule has 0 atom stereocenters. The van der Waals surface area contributed by atoms with Crippen molar-refractivity contribution in [2.75, 3.05) is 12.8 Å².